The molecule has 2 unspecified atom stereocenters. The topological polar surface area (TPSA) is 59.0 Å². The highest BCUT2D eigenvalue weighted by molar-refractivity contribution is 5.70. The molecule has 3 aromatic carbocycles. The van der Waals surface area contributed by atoms with Crippen LogP contribution in [0.15, 0.2) is 72.8 Å². The predicted molar refractivity (Wildman–Crippen MR) is 129 cm³/mol. The maximum Gasteiger partial charge on any atom is 0.416 e. The lowest BCUT2D eigenvalue weighted by molar-refractivity contribution is -0.144. The van der Waals surface area contributed by atoms with Crippen molar-refractivity contribution < 1.29 is 32.5 Å². The Balaban J connectivity index is 1.73. The maximum absolute atomic E-state index is 14.0. The standard InChI is InChI=1S/C28H28F3NO4/c1-35-25-16-20(13-14-24(25)36-18-19-8-3-2-4-9-19)26(32-15-7-10-21(17-32)27(33)34)22-11-5-6-12-23(22)28(29,30)31/h2-6,8-9,11-14,16,21,26H,7,10,15,17-18H2,1H3,(H,33,34). The van der Waals surface area contributed by atoms with Gasteiger partial charge in [-0.15, -0.1) is 0 Å². The number of carbonyl (C=O) groups is 1. The van der Waals surface area contributed by atoms with Crippen LogP contribution in [-0.4, -0.2) is 36.2 Å². The molecule has 0 bridgehead atoms. The van der Waals surface area contributed by atoms with Crippen LogP contribution < -0.4 is 9.47 Å². The number of ether oxygens (including phenoxy) is 2. The summed E-state index contributed by atoms with van der Waals surface area (Å²) in [6.07, 6.45) is -3.48. The predicted octanol–water partition coefficient (Wildman–Crippen LogP) is 6.18. The molecule has 1 aliphatic heterocycles. The molecular formula is C28H28F3NO4. The highest BCUT2D eigenvalue weighted by Gasteiger charge is 2.39. The van der Waals surface area contributed by atoms with E-state index in [0.717, 1.165) is 11.6 Å². The summed E-state index contributed by atoms with van der Waals surface area (Å²) in [5.41, 5.74) is 0.877. The molecule has 0 saturated carbocycles. The molecule has 0 spiro atoms. The van der Waals surface area contributed by atoms with Crippen LogP contribution in [0.5, 0.6) is 11.5 Å². The van der Waals surface area contributed by atoms with E-state index in [0.29, 0.717) is 43.1 Å². The van der Waals surface area contributed by atoms with Gasteiger partial charge in [-0.1, -0.05) is 54.6 Å². The summed E-state index contributed by atoms with van der Waals surface area (Å²) in [5, 5.41) is 9.59. The van der Waals surface area contributed by atoms with Crippen molar-refractivity contribution >= 4 is 5.97 Å². The molecule has 5 nitrogen and oxygen atoms in total. The fourth-order valence-electron chi connectivity index (χ4n) is 4.73. The van der Waals surface area contributed by atoms with Crippen molar-refractivity contribution in [3.05, 3.63) is 95.1 Å². The molecule has 0 aromatic heterocycles. The molecule has 8 heteroatoms. The molecular weight excluding hydrogens is 471 g/mol. The normalized spacial score (nSPS) is 17.4. The quantitative estimate of drug-likeness (QED) is 0.401. The number of aliphatic carboxylic acids is 1. The number of nitrogens with zero attached hydrogens (tertiary/aromatic N) is 1. The first-order valence-electron chi connectivity index (χ1n) is 11.8. The number of halogens is 3. The Morgan fingerprint density at radius 2 is 1.78 bits per heavy atom. The number of methoxy groups -OCH3 is 1. The van der Waals surface area contributed by atoms with Crippen LogP contribution in [0.2, 0.25) is 0 Å². The van der Waals surface area contributed by atoms with E-state index in [1.54, 1.807) is 24.3 Å². The first-order chi connectivity index (χ1) is 17.3. The summed E-state index contributed by atoms with van der Waals surface area (Å²) in [6, 6.07) is 19.3. The largest absolute Gasteiger partial charge is 0.493 e. The van der Waals surface area contributed by atoms with Crippen molar-refractivity contribution in [2.45, 2.75) is 31.7 Å². The van der Waals surface area contributed by atoms with Crippen molar-refractivity contribution in [3.63, 3.8) is 0 Å². The zero-order valence-corrected chi connectivity index (χ0v) is 19.9. The molecule has 1 saturated heterocycles. The molecule has 0 radical (unpaired) electrons. The van der Waals surface area contributed by atoms with E-state index >= 15 is 0 Å². The number of benzene rings is 3. The van der Waals surface area contributed by atoms with Gasteiger partial charge in [0.25, 0.3) is 0 Å². The molecule has 3 aromatic rings. The molecule has 0 amide bonds. The minimum Gasteiger partial charge on any atom is -0.493 e. The van der Waals surface area contributed by atoms with Crippen LogP contribution in [-0.2, 0) is 17.6 Å². The molecule has 1 heterocycles. The van der Waals surface area contributed by atoms with Crippen molar-refractivity contribution in [1.82, 2.24) is 4.90 Å². The zero-order valence-electron chi connectivity index (χ0n) is 19.9. The van der Waals surface area contributed by atoms with Gasteiger partial charge < -0.3 is 14.6 Å². The SMILES string of the molecule is COc1cc(C(c2ccccc2C(F)(F)F)N2CCCC(C(=O)O)C2)ccc1OCc1ccccc1. The van der Waals surface area contributed by atoms with Gasteiger partial charge in [-0.05, 0) is 54.3 Å². The van der Waals surface area contributed by atoms with Gasteiger partial charge in [0, 0.05) is 6.54 Å². The van der Waals surface area contributed by atoms with E-state index in [9.17, 15) is 23.1 Å². The van der Waals surface area contributed by atoms with Crippen molar-refractivity contribution in [2.24, 2.45) is 5.92 Å². The number of carboxylic acid groups (broad SMARTS) is 1. The van der Waals surface area contributed by atoms with Crippen molar-refractivity contribution in [1.29, 1.82) is 0 Å². The van der Waals surface area contributed by atoms with Gasteiger partial charge in [0.1, 0.15) is 6.61 Å². The van der Waals surface area contributed by atoms with Gasteiger partial charge >= 0.3 is 12.1 Å². The summed E-state index contributed by atoms with van der Waals surface area (Å²) >= 11 is 0. The zero-order chi connectivity index (χ0) is 25.7. The molecule has 2 atom stereocenters. The van der Waals surface area contributed by atoms with Gasteiger partial charge in [-0.2, -0.15) is 13.2 Å². The highest BCUT2D eigenvalue weighted by atomic mass is 19.4. The number of hydrogen-bond donors (Lipinski definition) is 1. The van der Waals surface area contributed by atoms with E-state index in [2.05, 4.69) is 0 Å². The van der Waals surface area contributed by atoms with E-state index < -0.39 is 29.7 Å². The Morgan fingerprint density at radius 3 is 2.47 bits per heavy atom. The second-order valence-corrected chi connectivity index (χ2v) is 8.84. The Hall–Kier alpha value is -3.52. The fourth-order valence-corrected chi connectivity index (χ4v) is 4.73. The first-order valence-corrected chi connectivity index (χ1v) is 11.8. The van der Waals surface area contributed by atoms with E-state index in [1.165, 1.54) is 19.2 Å². The molecule has 1 aliphatic rings. The summed E-state index contributed by atoms with van der Waals surface area (Å²) in [6.45, 7) is 0.944. The summed E-state index contributed by atoms with van der Waals surface area (Å²) in [5.74, 6) is -0.723. The molecule has 190 valence electrons. The number of hydrogen-bond acceptors (Lipinski definition) is 4. The van der Waals surface area contributed by atoms with E-state index in [-0.39, 0.29) is 12.1 Å². The molecule has 1 N–H and O–H groups in total. The summed E-state index contributed by atoms with van der Waals surface area (Å²) < 4.78 is 53.5. The van der Waals surface area contributed by atoms with Gasteiger partial charge in [-0.25, -0.2) is 0 Å². The van der Waals surface area contributed by atoms with Crippen LogP contribution in [0.25, 0.3) is 0 Å². The second kappa shape index (κ2) is 11.0. The van der Waals surface area contributed by atoms with Gasteiger partial charge in [0.2, 0.25) is 0 Å². The monoisotopic (exact) mass is 499 g/mol. The van der Waals surface area contributed by atoms with Gasteiger partial charge in [0.05, 0.1) is 24.6 Å². The maximum atomic E-state index is 14.0. The van der Waals surface area contributed by atoms with Crippen LogP contribution >= 0.6 is 0 Å². The third kappa shape index (κ3) is 5.82. The van der Waals surface area contributed by atoms with Gasteiger partial charge in [-0.3, -0.25) is 9.69 Å². The average molecular weight is 500 g/mol. The minimum atomic E-state index is -4.56. The van der Waals surface area contributed by atoms with E-state index in [4.69, 9.17) is 9.47 Å². The average Bonchev–Trinajstić information content (AvgIpc) is 2.88. The Labute approximate surface area is 208 Å². The van der Waals surface area contributed by atoms with Crippen molar-refractivity contribution in [3.8, 4) is 11.5 Å². The van der Waals surface area contributed by atoms with E-state index in [1.807, 2.05) is 35.2 Å². The Kier molecular flexibility index (Phi) is 7.84. The Morgan fingerprint density at radius 1 is 1.06 bits per heavy atom. The lowest BCUT2D eigenvalue weighted by atomic mass is 9.89. The fraction of sp³-hybridized carbons (Fsp3) is 0.321. The van der Waals surface area contributed by atoms with Gasteiger partial charge in [0.15, 0.2) is 11.5 Å². The summed E-state index contributed by atoms with van der Waals surface area (Å²) in [7, 11) is 1.48. The second-order valence-electron chi connectivity index (χ2n) is 8.84. The number of likely N-dealkylation sites (tertiary alicyclic amines) is 1. The van der Waals surface area contributed by atoms with Crippen LogP contribution in [0, 0.1) is 5.92 Å². The van der Waals surface area contributed by atoms with Crippen LogP contribution in [0.4, 0.5) is 13.2 Å². The molecule has 0 aliphatic carbocycles. The third-order valence-electron chi connectivity index (χ3n) is 6.47. The third-order valence-corrected chi connectivity index (χ3v) is 6.47. The summed E-state index contributed by atoms with van der Waals surface area (Å²) in [4.78, 5) is 13.5. The number of rotatable bonds is 8. The Bertz CT molecular complexity index is 1180. The number of alkyl halides is 3. The lowest BCUT2D eigenvalue weighted by Crippen LogP contribution is -2.41. The molecule has 1 fully saturated rings. The number of piperidine rings is 1. The van der Waals surface area contributed by atoms with Crippen LogP contribution in [0.3, 0.4) is 0 Å². The highest BCUT2D eigenvalue weighted by Crippen LogP contribution is 2.42. The van der Waals surface area contributed by atoms with Crippen molar-refractivity contribution in [2.75, 3.05) is 20.2 Å². The smallest absolute Gasteiger partial charge is 0.416 e. The first kappa shape index (κ1) is 25.6. The molecule has 4 rings (SSSR count). The molecule has 36 heavy (non-hydrogen) atoms. The number of carboxylic acids is 1. The van der Waals surface area contributed by atoms with Crippen LogP contribution in [0.1, 0.15) is 41.1 Å². The minimum absolute atomic E-state index is 0.0797. The lowest BCUT2D eigenvalue weighted by Gasteiger charge is -2.38.